The van der Waals surface area contributed by atoms with Gasteiger partial charge in [0.15, 0.2) is 5.82 Å². The van der Waals surface area contributed by atoms with Gasteiger partial charge in [-0.25, -0.2) is 19.6 Å². The molecule has 2 aromatic heterocycles. The molecule has 0 radical (unpaired) electrons. The van der Waals surface area contributed by atoms with Crippen molar-refractivity contribution in [3.05, 3.63) is 24.5 Å². The van der Waals surface area contributed by atoms with Crippen molar-refractivity contribution < 1.29 is 9.53 Å². The lowest BCUT2D eigenvalue weighted by molar-refractivity contribution is -0.146. The Morgan fingerprint density at radius 2 is 1.95 bits per heavy atom. The molecule has 0 N–H and O–H groups in total. The average molecular weight is 302 g/mol. The van der Waals surface area contributed by atoms with Gasteiger partial charge in [-0.05, 0) is 19.8 Å². The number of aromatic nitrogens is 5. The number of nitrogens with zero attached hydrogens (tertiary/aromatic N) is 6. The van der Waals surface area contributed by atoms with Gasteiger partial charge in [0.05, 0.1) is 13.0 Å². The predicted octanol–water partition coefficient (Wildman–Crippen LogP) is 0.755. The van der Waals surface area contributed by atoms with Gasteiger partial charge in [0.25, 0.3) is 0 Å². The van der Waals surface area contributed by atoms with Crippen LogP contribution in [0.25, 0.3) is 5.82 Å². The first kappa shape index (κ1) is 14.4. The lowest BCUT2D eigenvalue weighted by Gasteiger charge is -2.31. The molecule has 8 nitrogen and oxygen atoms in total. The van der Waals surface area contributed by atoms with E-state index in [1.165, 1.54) is 13.4 Å². The highest BCUT2D eigenvalue weighted by Gasteiger charge is 2.26. The molecule has 0 aromatic carbocycles. The number of piperidine rings is 1. The third-order valence-electron chi connectivity index (χ3n) is 3.83. The second-order valence-electron chi connectivity index (χ2n) is 5.26. The molecule has 1 saturated heterocycles. The lowest BCUT2D eigenvalue weighted by Crippen LogP contribution is -2.37. The summed E-state index contributed by atoms with van der Waals surface area (Å²) in [5.41, 5.74) is 0. The van der Waals surface area contributed by atoms with E-state index in [0.29, 0.717) is 11.6 Å². The molecule has 0 aliphatic carbocycles. The summed E-state index contributed by atoms with van der Waals surface area (Å²) in [6.45, 7) is 3.37. The summed E-state index contributed by atoms with van der Waals surface area (Å²) >= 11 is 0. The fourth-order valence-electron chi connectivity index (χ4n) is 2.60. The number of esters is 1. The molecule has 8 heteroatoms. The third-order valence-corrected chi connectivity index (χ3v) is 3.83. The summed E-state index contributed by atoms with van der Waals surface area (Å²) < 4.78 is 6.43. The zero-order valence-electron chi connectivity index (χ0n) is 12.6. The Kier molecular flexibility index (Phi) is 3.99. The second-order valence-corrected chi connectivity index (χ2v) is 5.26. The van der Waals surface area contributed by atoms with E-state index >= 15 is 0 Å². The molecule has 1 fully saturated rings. The molecule has 1 aliphatic rings. The number of anilines is 1. The third kappa shape index (κ3) is 2.90. The number of aryl methyl sites for hydroxylation is 1. The van der Waals surface area contributed by atoms with Crippen LogP contribution in [0.3, 0.4) is 0 Å². The van der Waals surface area contributed by atoms with E-state index in [-0.39, 0.29) is 11.9 Å². The summed E-state index contributed by atoms with van der Waals surface area (Å²) in [4.78, 5) is 26.4. The Balaban J connectivity index is 1.72. The van der Waals surface area contributed by atoms with E-state index < -0.39 is 0 Å². The Labute approximate surface area is 128 Å². The van der Waals surface area contributed by atoms with Crippen molar-refractivity contribution in [2.45, 2.75) is 19.8 Å². The van der Waals surface area contributed by atoms with E-state index in [1.54, 1.807) is 11.0 Å². The highest BCUT2D eigenvalue weighted by molar-refractivity contribution is 5.72. The van der Waals surface area contributed by atoms with E-state index in [4.69, 9.17) is 4.74 Å². The van der Waals surface area contributed by atoms with Crippen LogP contribution in [0.15, 0.2) is 18.7 Å². The van der Waals surface area contributed by atoms with E-state index in [2.05, 4.69) is 25.0 Å². The van der Waals surface area contributed by atoms with Gasteiger partial charge in [0.1, 0.15) is 24.3 Å². The molecule has 2 aromatic rings. The molecule has 0 spiro atoms. The van der Waals surface area contributed by atoms with Crippen LogP contribution in [-0.2, 0) is 9.53 Å². The maximum absolute atomic E-state index is 11.6. The Morgan fingerprint density at radius 1 is 1.23 bits per heavy atom. The molecular formula is C14H18N6O2. The minimum atomic E-state index is -0.124. The van der Waals surface area contributed by atoms with Crippen molar-refractivity contribution in [1.82, 2.24) is 24.7 Å². The Bertz CT molecular complexity index is 663. The number of carbonyl (C=O) groups excluding carboxylic acids is 1. The van der Waals surface area contributed by atoms with Crippen LogP contribution < -0.4 is 4.90 Å². The molecule has 3 rings (SSSR count). The second kappa shape index (κ2) is 6.08. The van der Waals surface area contributed by atoms with Crippen molar-refractivity contribution in [3.8, 4) is 5.82 Å². The molecule has 0 atom stereocenters. The van der Waals surface area contributed by atoms with Crippen molar-refractivity contribution in [3.63, 3.8) is 0 Å². The lowest BCUT2D eigenvalue weighted by atomic mass is 9.97. The zero-order chi connectivity index (χ0) is 15.5. The summed E-state index contributed by atoms with van der Waals surface area (Å²) in [6.07, 6.45) is 4.70. The van der Waals surface area contributed by atoms with Crippen LogP contribution in [-0.4, -0.2) is 50.9 Å². The van der Waals surface area contributed by atoms with Crippen molar-refractivity contribution in [1.29, 1.82) is 0 Å². The van der Waals surface area contributed by atoms with Crippen molar-refractivity contribution in [2.24, 2.45) is 5.92 Å². The summed E-state index contributed by atoms with van der Waals surface area (Å²) in [5.74, 6) is 2.07. The number of carbonyl (C=O) groups is 1. The Morgan fingerprint density at radius 3 is 2.59 bits per heavy atom. The fraction of sp³-hybridized carbons (Fsp3) is 0.500. The molecule has 0 saturated carbocycles. The molecular weight excluding hydrogens is 284 g/mol. The van der Waals surface area contributed by atoms with Crippen LogP contribution in [0, 0.1) is 12.8 Å². The number of hydrogen-bond donors (Lipinski definition) is 0. The van der Waals surface area contributed by atoms with Gasteiger partial charge in [0.2, 0.25) is 0 Å². The molecule has 3 heterocycles. The van der Waals surface area contributed by atoms with E-state index in [1.807, 2.05) is 13.0 Å². The van der Waals surface area contributed by atoms with Gasteiger partial charge in [-0.2, -0.15) is 5.10 Å². The maximum Gasteiger partial charge on any atom is 0.308 e. The highest BCUT2D eigenvalue weighted by Crippen LogP contribution is 2.23. The molecule has 0 bridgehead atoms. The standard InChI is InChI=1S/C14H18N6O2/c1-10-17-9-20(18-10)13-7-12(15-8-16-13)19-5-3-11(4-6-19)14(21)22-2/h7-9,11H,3-6H2,1-2H3. The monoisotopic (exact) mass is 302 g/mol. The largest absolute Gasteiger partial charge is 0.469 e. The van der Waals surface area contributed by atoms with Gasteiger partial charge < -0.3 is 9.64 Å². The molecule has 116 valence electrons. The number of rotatable bonds is 3. The van der Waals surface area contributed by atoms with Gasteiger partial charge in [-0.3, -0.25) is 4.79 Å². The maximum atomic E-state index is 11.6. The SMILES string of the molecule is COC(=O)C1CCN(c2cc(-n3cnc(C)n3)ncn2)CC1. The smallest absolute Gasteiger partial charge is 0.308 e. The van der Waals surface area contributed by atoms with Crippen LogP contribution in [0.2, 0.25) is 0 Å². The first-order valence-corrected chi connectivity index (χ1v) is 7.21. The zero-order valence-corrected chi connectivity index (χ0v) is 12.6. The van der Waals surface area contributed by atoms with Gasteiger partial charge >= 0.3 is 5.97 Å². The topological polar surface area (TPSA) is 86.0 Å². The average Bonchev–Trinajstić information content (AvgIpc) is 3.01. The summed E-state index contributed by atoms with van der Waals surface area (Å²) in [5, 5.41) is 4.25. The van der Waals surface area contributed by atoms with Crippen LogP contribution in [0.1, 0.15) is 18.7 Å². The predicted molar refractivity (Wildman–Crippen MR) is 78.6 cm³/mol. The van der Waals surface area contributed by atoms with E-state index in [9.17, 15) is 4.79 Å². The summed E-state index contributed by atoms with van der Waals surface area (Å²) in [7, 11) is 1.44. The van der Waals surface area contributed by atoms with E-state index in [0.717, 1.165) is 31.7 Å². The number of hydrogen-bond acceptors (Lipinski definition) is 7. The first-order valence-electron chi connectivity index (χ1n) is 7.21. The quantitative estimate of drug-likeness (QED) is 0.773. The van der Waals surface area contributed by atoms with Gasteiger partial charge in [-0.1, -0.05) is 0 Å². The van der Waals surface area contributed by atoms with Gasteiger partial charge in [0, 0.05) is 19.2 Å². The highest BCUT2D eigenvalue weighted by atomic mass is 16.5. The van der Waals surface area contributed by atoms with Crippen LogP contribution in [0.5, 0.6) is 0 Å². The minimum absolute atomic E-state index is 0.0134. The summed E-state index contributed by atoms with van der Waals surface area (Å²) in [6, 6.07) is 1.88. The van der Waals surface area contributed by atoms with Gasteiger partial charge in [-0.15, -0.1) is 0 Å². The first-order chi connectivity index (χ1) is 10.7. The molecule has 1 aliphatic heterocycles. The normalized spacial score (nSPS) is 15.8. The minimum Gasteiger partial charge on any atom is -0.469 e. The Hall–Kier alpha value is -2.51. The van der Waals surface area contributed by atoms with Crippen LogP contribution in [0.4, 0.5) is 5.82 Å². The molecule has 22 heavy (non-hydrogen) atoms. The molecule has 0 unspecified atom stereocenters. The van der Waals surface area contributed by atoms with Crippen molar-refractivity contribution in [2.75, 3.05) is 25.1 Å². The van der Waals surface area contributed by atoms with Crippen LogP contribution >= 0.6 is 0 Å². The number of ether oxygens (including phenoxy) is 1. The number of methoxy groups -OCH3 is 1. The fourth-order valence-corrected chi connectivity index (χ4v) is 2.60. The molecule has 0 amide bonds. The van der Waals surface area contributed by atoms with Crippen molar-refractivity contribution >= 4 is 11.8 Å².